The van der Waals surface area contributed by atoms with Crippen molar-refractivity contribution in [2.45, 2.75) is 51.0 Å². The van der Waals surface area contributed by atoms with Crippen molar-refractivity contribution in [3.8, 4) is 0 Å². The van der Waals surface area contributed by atoms with E-state index in [4.69, 9.17) is 5.11 Å². The van der Waals surface area contributed by atoms with Gasteiger partial charge < -0.3 is 10.4 Å². The van der Waals surface area contributed by atoms with Gasteiger partial charge in [-0.1, -0.05) is 19.8 Å². The van der Waals surface area contributed by atoms with E-state index in [9.17, 15) is 0 Å². The van der Waals surface area contributed by atoms with Gasteiger partial charge in [0.25, 0.3) is 0 Å². The first kappa shape index (κ1) is 11.0. The van der Waals surface area contributed by atoms with E-state index in [2.05, 4.69) is 12.2 Å². The van der Waals surface area contributed by atoms with Gasteiger partial charge in [0.2, 0.25) is 0 Å². The molecule has 2 unspecified atom stereocenters. The maximum Gasteiger partial charge on any atom is 0.0448 e. The monoisotopic (exact) mass is 185 g/mol. The molecule has 2 nitrogen and oxygen atoms in total. The number of aliphatic hydroxyl groups is 1. The number of hydrogen-bond acceptors (Lipinski definition) is 2. The van der Waals surface area contributed by atoms with Gasteiger partial charge in [0.15, 0.2) is 0 Å². The molecule has 1 rings (SSSR count). The molecule has 1 aliphatic rings. The second-order valence-electron chi connectivity index (χ2n) is 4.54. The molecule has 2 N–H and O–H groups in total. The molecule has 0 aromatic carbocycles. The first-order valence-corrected chi connectivity index (χ1v) is 5.52. The normalized spacial score (nSPS) is 35.8. The quantitative estimate of drug-likeness (QED) is 0.658. The van der Waals surface area contributed by atoms with Gasteiger partial charge in [0.05, 0.1) is 0 Å². The Kier molecular flexibility index (Phi) is 4.20. The van der Waals surface area contributed by atoms with E-state index in [-0.39, 0.29) is 5.54 Å². The van der Waals surface area contributed by atoms with Crippen LogP contribution in [-0.4, -0.2) is 24.3 Å². The molecule has 0 aliphatic heterocycles. The van der Waals surface area contributed by atoms with E-state index >= 15 is 0 Å². The molecule has 0 aromatic heterocycles. The summed E-state index contributed by atoms with van der Waals surface area (Å²) in [6.07, 6.45) is 7.34. The molecular weight excluding hydrogens is 162 g/mol. The average Bonchev–Trinajstić information content (AvgIpc) is 2.30. The Morgan fingerprint density at radius 3 is 2.77 bits per heavy atom. The van der Waals surface area contributed by atoms with Crippen LogP contribution < -0.4 is 5.32 Å². The molecule has 2 heteroatoms. The lowest BCUT2D eigenvalue weighted by atomic mass is 9.87. The predicted octanol–water partition coefficient (Wildman–Crippen LogP) is 1.93. The third-order valence-electron chi connectivity index (χ3n) is 3.59. The molecule has 0 amide bonds. The van der Waals surface area contributed by atoms with E-state index in [1.807, 2.05) is 7.05 Å². The van der Waals surface area contributed by atoms with Crippen molar-refractivity contribution in [2.24, 2.45) is 5.92 Å². The second-order valence-corrected chi connectivity index (χ2v) is 4.54. The number of aliphatic hydroxyl groups excluding tert-OH is 1. The van der Waals surface area contributed by atoms with Crippen LogP contribution in [0.4, 0.5) is 0 Å². The Morgan fingerprint density at radius 1 is 1.38 bits per heavy atom. The molecule has 1 saturated carbocycles. The van der Waals surface area contributed by atoms with E-state index in [0.717, 1.165) is 12.3 Å². The van der Waals surface area contributed by atoms with Crippen LogP contribution in [0, 0.1) is 5.92 Å². The fraction of sp³-hybridized carbons (Fsp3) is 1.00. The summed E-state index contributed by atoms with van der Waals surface area (Å²) in [5.41, 5.74) is 0.236. The Balaban J connectivity index is 2.53. The molecule has 0 aromatic rings. The summed E-state index contributed by atoms with van der Waals surface area (Å²) in [6, 6.07) is 0. The Hall–Kier alpha value is -0.0800. The highest BCUT2D eigenvalue weighted by Gasteiger charge is 2.29. The van der Waals surface area contributed by atoms with Gasteiger partial charge in [-0.25, -0.2) is 0 Å². The molecule has 78 valence electrons. The van der Waals surface area contributed by atoms with Crippen LogP contribution in [0.2, 0.25) is 0 Å². The van der Waals surface area contributed by atoms with Crippen LogP contribution in [0.5, 0.6) is 0 Å². The highest BCUT2D eigenvalue weighted by molar-refractivity contribution is 4.89. The van der Waals surface area contributed by atoms with E-state index in [0.29, 0.717) is 6.61 Å². The van der Waals surface area contributed by atoms with Gasteiger partial charge in [0.1, 0.15) is 0 Å². The average molecular weight is 185 g/mol. The summed E-state index contributed by atoms with van der Waals surface area (Å²) in [6.45, 7) is 2.65. The van der Waals surface area contributed by atoms with Gasteiger partial charge in [-0.05, 0) is 38.6 Å². The van der Waals surface area contributed by atoms with Gasteiger partial charge in [-0.2, -0.15) is 0 Å². The van der Waals surface area contributed by atoms with Crippen LogP contribution in [0.1, 0.15) is 45.4 Å². The molecule has 0 spiro atoms. The number of hydrogen-bond donors (Lipinski definition) is 2. The first-order chi connectivity index (χ1) is 6.22. The molecule has 13 heavy (non-hydrogen) atoms. The lowest BCUT2D eigenvalue weighted by Gasteiger charge is -2.32. The van der Waals surface area contributed by atoms with Crippen molar-refractivity contribution < 1.29 is 5.11 Å². The molecule has 0 saturated heterocycles. The minimum absolute atomic E-state index is 0.236. The number of rotatable bonds is 3. The van der Waals surface area contributed by atoms with Crippen molar-refractivity contribution in [3.63, 3.8) is 0 Å². The Morgan fingerprint density at radius 2 is 2.15 bits per heavy atom. The largest absolute Gasteiger partial charge is 0.396 e. The zero-order valence-corrected chi connectivity index (χ0v) is 8.97. The van der Waals surface area contributed by atoms with Crippen LogP contribution in [0.15, 0.2) is 0 Å². The van der Waals surface area contributed by atoms with Crippen LogP contribution in [0.3, 0.4) is 0 Å². The summed E-state index contributed by atoms with van der Waals surface area (Å²) in [5, 5.41) is 12.5. The maximum absolute atomic E-state index is 9.03. The van der Waals surface area contributed by atoms with E-state index < -0.39 is 0 Å². The summed E-state index contributed by atoms with van der Waals surface area (Å²) >= 11 is 0. The highest BCUT2D eigenvalue weighted by atomic mass is 16.3. The lowest BCUT2D eigenvalue weighted by Crippen LogP contribution is -2.43. The highest BCUT2D eigenvalue weighted by Crippen LogP contribution is 2.31. The number of nitrogens with one attached hydrogen (secondary N) is 1. The smallest absolute Gasteiger partial charge is 0.0448 e. The lowest BCUT2D eigenvalue weighted by molar-refractivity contribution is 0.198. The fourth-order valence-electron chi connectivity index (χ4n) is 2.42. The third kappa shape index (κ3) is 2.96. The summed E-state index contributed by atoms with van der Waals surface area (Å²) in [7, 11) is 2.03. The minimum Gasteiger partial charge on any atom is -0.396 e. The van der Waals surface area contributed by atoms with Gasteiger partial charge >= 0.3 is 0 Å². The second kappa shape index (κ2) is 4.97. The summed E-state index contributed by atoms with van der Waals surface area (Å²) in [4.78, 5) is 0. The molecule has 0 radical (unpaired) electrons. The van der Waals surface area contributed by atoms with Gasteiger partial charge in [0, 0.05) is 12.1 Å². The SMILES string of the molecule is CNC1(CCO)CCCC(C)CC1. The topological polar surface area (TPSA) is 32.3 Å². The van der Waals surface area contributed by atoms with Crippen molar-refractivity contribution in [3.05, 3.63) is 0 Å². The first-order valence-electron chi connectivity index (χ1n) is 5.52. The molecule has 1 aliphatic carbocycles. The zero-order valence-electron chi connectivity index (χ0n) is 8.97. The molecule has 1 fully saturated rings. The van der Waals surface area contributed by atoms with Gasteiger partial charge in [-0.15, -0.1) is 0 Å². The molecule has 0 bridgehead atoms. The van der Waals surface area contributed by atoms with Crippen LogP contribution in [-0.2, 0) is 0 Å². The van der Waals surface area contributed by atoms with E-state index in [1.54, 1.807) is 0 Å². The fourth-order valence-corrected chi connectivity index (χ4v) is 2.42. The summed E-state index contributed by atoms with van der Waals surface area (Å²) < 4.78 is 0. The zero-order chi connectivity index (χ0) is 9.73. The standard InChI is InChI=1S/C11H23NO/c1-10-4-3-6-11(12-2,7-5-10)8-9-13/h10,12-13H,3-9H2,1-2H3. The molecule has 0 heterocycles. The molecule has 2 atom stereocenters. The maximum atomic E-state index is 9.03. The van der Waals surface area contributed by atoms with E-state index in [1.165, 1.54) is 32.1 Å². The van der Waals surface area contributed by atoms with Crippen molar-refractivity contribution in [1.82, 2.24) is 5.32 Å². The van der Waals surface area contributed by atoms with Crippen molar-refractivity contribution in [1.29, 1.82) is 0 Å². The van der Waals surface area contributed by atoms with Crippen molar-refractivity contribution >= 4 is 0 Å². The predicted molar refractivity (Wildman–Crippen MR) is 55.7 cm³/mol. The summed E-state index contributed by atoms with van der Waals surface area (Å²) in [5.74, 6) is 0.869. The van der Waals surface area contributed by atoms with Gasteiger partial charge in [-0.3, -0.25) is 0 Å². The Bertz CT molecular complexity index is 149. The van der Waals surface area contributed by atoms with Crippen molar-refractivity contribution in [2.75, 3.05) is 13.7 Å². The minimum atomic E-state index is 0.236. The third-order valence-corrected chi connectivity index (χ3v) is 3.59. The van der Waals surface area contributed by atoms with Crippen LogP contribution in [0.25, 0.3) is 0 Å². The molecular formula is C11H23NO. The van der Waals surface area contributed by atoms with Crippen LogP contribution >= 0.6 is 0 Å². The Labute approximate surface area is 81.7 Å².